The predicted octanol–water partition coefficient (Wildman–Crippen LogP) is 0.948. The van der Waals surface area contributed by atoms with Gasteiger partial charge in [0.2, 0.25) is 0 Å². The molecule has 2 rings (SSSR count). The average Bonchev–Trinajstić information content (AvgIpc) is 2.68. The summed E-state index contributed by atoms with van der Waals surface area (Å²) >= 11 is 0. The number of aryl methyl sites for hydroxylation is 1. The first-order valence-electron chi connectivity index (χ1n) is 4.69. The van der Waals surface area contributed by atoms with Crippen LogP contribution in [0.3, 0.4) is 0 Å². The fourth-order valence-corrected chi connectivity index (χ4v) is 1.24. The summed E-state index contributed by atoms with van der Waals surface area (Å²) in [6.07, 6.45) is 3.26. The van der Waals surface area contributed by atoms with Crippen molar-refractivity contribution in [3.8, 4) is 0 Å². The molecule has 0 unspecified atom stereocenters. The predicted molar refractivity (Wildman–Crippen MR) is 59.9 cm³/mol. The Morgan fingerprint density at radius 2 is 2.38 bits per heavy atom. The van der Waals surface area contributed by atoms with Crippen molar-refractivity contribution in [1.82, 2.24) is 15.2 Å². The smallest absolute Gasteiger partial charge is 0.273 e. The number of carbonyl (C=O) groups is 1. The molecule has 0 bridgehead atoms. The van der Waals surface area contributed by atoms with Crippen LogP contribution in [-0.2, 0) is 0 Å². The van der Waals surface area contributed by atoms with Crippen molar-refractivity contribution in [3.05, 3.63) is 35.8 Å². The molecule has 0 aliphatic carbocycles. The standard InChI is InChI=1S/C10H11N5O/c1-6-2-3-12-5-8(6)13-10(16)7-4-9(11)15-14-7/h2-5H,1H3,(H,13,16)(H3,11,14,15). The SMILES string of the molecule is Cc1ccncc1NC(=O)c1cc(N)n[nH]1. The molecule has 1 amide bonds. The van der Waals surface area contributed by atoms with Crippen LogP contribution in [-0.4, -0.2) is 21.1 Å². The normalized spacial score (nSPS) is 10.1. The van der Waals surface area contributed by atoms with Gasteiger partial charge >= 0.3 is 0 Å². The Kier molecular flexibility index (Phi) is 2.55. The number of nitrogens with two attached hydrogens (primary N) is 1. The van der Waals surface area contributed by atoms with Crippen molar-refractivity contribution in [2.45, 2.75) is 6.92 Å². The monoisotopic (exact) mass is 217 g/mol. The highest BCUT2D eigenvalue weighted by atomic mass is 16.1. The van der Waals surface area contributed by atoms with Crippen LogP contribution in [0.25, 0.3) is 0 Å². The number of anilines is 2. The quantitative estimate of drug-likeness (QED) is 0.697. The number of H-pyrrole nitrogens is 1. The van der Waals surface area contributed by atoms with Crippen LogP contribution in [0.4, 0.5) is 11.5 Å². The molecule has 0 fully saturated rings. The van der Waals surface area contributed by atoms with Gasteiger partial charge in [0.15, 0.2) is 0 Å². The summed E-state index contributed by atoms with van der Waals surface area (Å²) < 4.78 is 0. The van der Waals surface area contributed by atoms with Gasteiger partial charge in [-0.15, -0.1) is 0 Å². The number of nitrogens with zero attached hydrogens (tertiary/aromatic N) is 2. The minimum atomic E-state index is -0.291. The Bertz CT molecular complexity index is 519. The second-order valence-electron chi connectivity index (χ2n) is 3.35. The summed E-state index contributed by atoms with van der Waals surface area (Å²) in [5.74, 6) is -0.00615. The second kappa shape index (κ2) is 4.01. The fourth-order valence-electron chi connectivity index (χ4n) is 1.24. The molecular formula is C10H11N5O. The van der Waals surface area contributed by atoms with E-state index in [2.05, 4.69) is 20.5 Å². The van der Waals surface area contributed by atoms with Gasteiger partial charge in [-0.1, -0.05) is 0 Å². The van der Waals surface area contributed by atoms with E-state index in [4.69, 9.17) is 5.73 Å². The first-order chi connectivity index (χ1) is 7.66. The van der Waals surface area contributed by atoms with Gasteiger partial charge in [0, 0.05) is 12.3 Å². The van der Waals surface area contributed by atoms with Crippen molar-refractivity contribution in [2.24, 2.45) is 0 Å². The lowest BCUT2D eigenvalue weighted by atomic mass is 10.2. The van der Waals surface area contributed by atoms with Gasteiger partial charge in [-0.2, -0.15) is 5.10 Å². The Morgan fingerprint density at radius 1 is 1.56 bits per heavy atom. The number of nitrogens with one attached hydrogen (secondary N) is 2. The third kappa shape index (κ3) is 2.00. The van der Waals surface area contributed by atoms with Crippen molar-refractivity contribution < 1.29 is 4.79 Å². The van der Waals surface area contributed by atoms with Crippen molar-refractivity contribution in [2.75, 3.05) is 11.1 Å². The zero-order chi connectivity index (χ0) is 11.5. The van der Waals surface area contributed by atoms with E-state index in [9.17, 15) is 4.79 Å². The molecular weight excluding hydrogens is 206 g/mol. The summed E-state index contributed by atoms with van der Waals surface area (Å²) in [6.45, 7) is 1.89. The maximum atomic E-state index is 11.7. The van der Waals surface area contributed by atoms with Crippen LogP contribution in [0.15, 0.2) is 24.5 Å². The molecule has 0 atom stereocenters. The van der Waals surface area contributed by atoms with Crippen LogP contribution in [0.1, 0.15) is 16.1 Å². The number of nitrogen functional groups attached to an aromatic ring is 1. The fraction of sp³-hybridized carbons (Fsp3) is 0.100. The van der Waals surface area contributed by atoms with Crippen LogP contribution in [0.5, 0.6) is 0 Å². The zero-order valence-corrected chi connectivity index (χ0v) is 8.69. The van der Waals surface area contributed by atoms with Gasteiger partial charge in [0.25, 0.3) is 5.91 Å². The van der Waals surface area contributed by atoms with Gasteiger partial charge < -0.3 is 11.1 Å². The molecule has 82 valence electrons. The van der Waals surface area contributed by atoms with Gasteiger partial charge in [-0.3, -0.25) is 14.9 Å². The van der Waals surface area contributed by atoms with E-state index in [1.165, 1.54) is 6.07 Å². The largest absolute Gasteiger partial charge is 0.382 e. The maximum Gasteiger partial charge on any atom is 0.273 e. The average molecular weight is 217 g/mol. The molecule has 2 aromatic rings. The lowest BCUT2D eigenvalue weighted by Crippen LogP contribution is -2.13. The molecule has 0 spiro atoms. The number of aromatic amines is 1. The number of carbonyl (C=O) groups excluding carboxylic acids is 1. The highest BCUT2D eigenvalue weighted by Crippen LogP contribution is 2.12. The van der Waals surface area contributed by atoms with E-state index in [1.54, 1.807) is 12.4 Å². The summed E-state index contributed by atoms with van der Waals surface area (Å²) in [6, 6.07) is 3.29. The van der Waals surface area contributed by atoms with Crippen LogP contribution < -0.4 is 11.1 Å². The van der Waals surface area contributed by atoms with Gasteiger partial charge in [0.05, 0.1) is 11.9 Å². The molecule has 0 aliphatic rings. The summed E-state index contributed by atoms with van der Waals surface area (Å²) in [5, 5.41) is 8.93. The second-order valence-corrected chi connectivity index (χ2v) is 3.35. The lowest BCUT2D eigenvalue weighted by Gasteiger charge is -2.05. The van der Waals surface area contributed by atoms with E-state index in [0.717, 1.165) is 5.56 Å². The van der Waals surface area contributed by atoms with Gasteiger partial charge in [0.1, 0.15) is 11.5 Å². The number of aromatic nitrogens is 3. The molecule has 0 saturated heterocycles. The Labute approximate surface area is 91.9 Å². The first kappa shape index (κ1) is 10.2. The van der Waals surface area contributed by atoms with Crippen molar-refractivity contribution in [3.63, 3.8) is 0 Å². The minimum Gasteiger partial charge on any atom is -0.382 e. The number of hydrogen-bond donors (Lipinski definition) is 3. The summed E-state index contributed by atoms with van der Waals surface area (Å²) in [7, 11) is 0. The molecule has 2 aromatic heterocycles. The van der Waals surface area contributed by atoms with Gasteiger partial charge in [-0.05, 0) is 18.6 Å². The van der Waals surface area contributed by atoms with E-state index in [0.29, 0.717) is 11.4 Å². The highest BCUT2D eigenvalue weighted by Gasteiger charge is 2.09. The number of rotatable bonds is 2. The minimum absolute atomic E-state index is 0.285. The summed E-state index contributed by atoms with van der Waals surface area (Å²) in [5.41, 5.74) is 7.33. The van der Waals surface area contributed by atoms with E-state index >= 15 is 0 Å². The molecule has 0 saturated carbocycles. The topological polar surface area (TPSA) is 96.7 Å². The Morgan fingerprint density at radius 3 is 3.00 bits per heavy atom. The third-order valence-electron chi connectivity index (χ3n) is 2.13. The van der Waals surface area contributed by atoms with Crippen molar-refractivity contribution >= 4 is 17.4 Å². The van der Waals surface area contributed by atoms with E-state index < -0.39 is 0 Å². The van der Waals surface area contributed by atoms with E-state index in [-0.39, 0.29) is 11.7 Å². The maximum absolute atomic E-state index is 11.7. The van der Waals surface area contributed by atoms with Gasteiger partial charge in [-0.25, -0.2) is 0 Å². The van der Waals surface area contributed by atoms with Crippen molar-refractivity contribution in [1.29, 1.82) is 0 Å². The molecule has 4 N–H and O–H groups in total. The molecule has 2 heterocycles. The molecule has 0 radical (unpaired) electrons. The Balaban J connectivity index is 2.17. The number of pyridine rings is 1. The first-order valence-corrected chi connectivity index (χ1v) is 4.69. The zero-order valence-electron chi connectivity index (χ0n) is 8.69. The Hall–Kier alpha value is -2.37. The lowest BCUT2D eigenvalue weighted by molar-refractivity contribution is 0.102. The highest BCUT2D eigenvalue weighted by molar-refractivity contribution is 6.03. The summed E-state index contributed by atoms with van der Waals surface area (Å²) in [4.78, 5) is 15.6. The molecule has 6 nitrogen and oxygen atoms in total. The molecule has 0 aliphatic heterocycles. The number of amides is 1. The third-order valence-corrected chi connectivity index (χ3v) is 2.13. The molecule has 0 aromatic carbocycles. The van der Waals surface area contributed by atoms with Crippen LogP contribution in [0, 0.1) is 6.92 Å². The molecule has 16 heavy (non-hydrogen) atoms. The van der Waals surface area contributed by atoms with E-state index in [1.807, 2.05) is 13.0 Å². The van der Waals surface area contributed by atoms with Crippen LogP contribution in [0.2, 0.25) is 0 Å². The molecule has 6 heteroatoms. The number of hydrogen-bond acceptors (Lipinski definition) is 4. The van der Waals surface area contributed by atoms with Crippen LogP contribution >= 0.6 is 0 Å².